The van der Waals surface area contributed by atoms with Crippen LogP contribution in [0.1, 0.15) is 46.0 Å². The Morgan fingerprint density at radius 3 is 2.45 bits per heavy atom. The van der Waals surface area contributed by atoms with Crippen molar-refractivity contribution in [3.8, 4) is 0 Å². The number of carbonyl (C=O) groups is 1. The molecule has 0 radical (unpaired) electrons. The van der Waals surface area contributed by atoms with Gasteiger partial charge in [0.25, 0.3) is 0 Å². The molecule has 2 unspecified atom stereocenters. The van der Waals surface area contributed by atoms with Crippen molar-refractivity contribution in [2.24, 2.45) is 10.9 Å². The fourth-order valence-corrected chi connectivity index (χ4v) is 2.66. The Kier molecular flexibility index (Phi) is 5.83. The third-order valence-corrected chi connectivity index (χ3v) is 3.78. The predicted octanol–water partition coefficient (Wildman–Crippen LogP) is 2.33. The van der Waals surface area contributed by atoms with Gasteiger partial charge in [0.1, 0.15) is 0 Å². The van der Waals surface area contributed by atoms with Crippen LogP contribution in [0.4, 0.5) is 0 Å². The zero-order valence-electron chi connectivity index (χ0n) is 12.5. The van der Waals surface area contributed by atoms with Crippen molar-refractivity contribution in [2.75, 3.05) is 19.8 Å². The van der Waals surface area contributed by atoms with E-state index in [4.69, 9.17) is 14.2 Å². The van der Waals surface area contributed by atoms with Crippen LogP contribution in [-0.2, 0) is 19.0 Å². The van der Waals surface area contributed by atoms with E-state index in [0.29, 0.717) is 25.0 Å². The van der Waals surface area contributed by atoms with Crippen LogP contribution in [0.5, 0.6) is 0 Å². The molecule has 2 rings (SSSR count). The molecule has 2 atom stereocenters. The van der Waals surface area contributed by atoms with E-state index in [-0.39, 0.29) is 12.1 Å². The number of ether oxygens (including phenoxy) is 3. The van der Waals surface area contributed by atoms with Gasteiger partial charge in [0.05, 0.1) is 13.2 Å². The number of carbonyl (C=O) groups excluding carboxylic acids is 1. The molecular formula is C15H25NO4. The summed E-state index contributed by atoms with van der Waals surface area (Å²) in [6, 6.07) is 0. The van der Waals surface area contributed by atoms with E-state index < -0.39 is 6.10 Å². The maximum absolute atomic E-state index is 11.6. The molecule has 0 spiro atoms. The predicted molar refractivity (Wildman–Crippen MR) is 75.8 cm³/mol. The number of epoxide rings is 1. The molecule has 1 aliphatic carbocycles. The maximum Gasteiger partial charge on any atom is 0.338 e. The van der Waals surface area contributed by atoms with E-state index in [2.05, 4.69) is 4.99 Å². The lowest BCUT2D eigenvalue weighted by Gasteiger charge is -2.19. The largest absolute Gasteiger partial charge is 0.479 e. The van der Waals surface area contributed by atoms with Gasteiger partial charge in [-0.2, -0.15) is 0 Å². The molecule has 0 bridgehead atoms. The normalized spacial score (nSPS) is 27.2. The van der Waals surface area contributed by atoms with E-state index in [1.807, 2.05) is 6.92 Å². The van der Waals surface area contributed by atoms with Crippen molar-refractivity contribution in [2.45, 2.75) is 58.2 Å². The second-order valence-corrected chi connectivity index (χ2v) is 5.35. The molecule has 1 heterocycles. The quantitative estimate of drug-likeness (QED) is 0.325. The monoisotopic (exact) mass is 283 g/mol. The molecule has 1 aliphatic heterocycles. The second kappa shape index (κ2) is 7.62. The summed E-state index contributed by atoms with van der Waals surface area (Å²) in [6.07, 6.45) is 5.58. The van der Waals surface area contributed by atoms with Gasteiger partial charge in [0, 0.05) is 6.54 Å². The molecule has 0 amide bonds. The van der Waals surface area contributed by atoms with Crippen molar-refractivity contribution in [1.29, 1.82) is 0 Å². The lowest BCUT2D eigenvalue weighted by molar-refractivity contribution is -0.144. The SMILES string of the molecule is CCOC(=O)C1OC1C(=NCC1CCCCC1)OCC. The van der Waals surface area contributed by atoms with Gasteiger partial charge in [-0.1, -0.05) is 19.3 Å². The minimum atomic E-state index is -0.522. The smallest absolute Gasteiger partial charge is 0.338 e. The van der Waals surface area contributed by atoms with E-state index in [1.165, 1.54) is 32.1 Å². The fraction of sp³-hybridized carbons (Fsp3) is 0.867. The Bertz CT molecular complexity index is 350. The highest BCUT2D eigenvalue weighted by Crippen LogP contribution is 2.27. The van der Waals surface area contributed by atoms with Gasteiger partial charge in [-0.05, 0) is 32.6 Å². The van der Waals surface area contributed by atoms with Crippen molar-refractivity contribution in [1.82, 2.24) is 0 Å². The molecule has 5 heteroatoms. The topological polar surface area (TPSA) is 60.4 Å². The molecule has 5 nitrogen and oxygen atoms in total. The number of rotatable bonds is 6. The van der Waals surface area contributed by atoms with Crippen molar-refractivity contribution < 1.29 is 19.0 Å². The molecule has 114 valence electrons. The molecule has 0 N–H and O–H groups in total. The minimum absolute atomic E-state index is 0.317. The molecule has 20 heavy (non-hydrogen) atoms. The zero-order chi connectivity index (χ0) is 14.4. The average molecular weight is 283 g/mol. The molecule has 0 aromatic carbocycles. The summed E-state index contributed by atoms with van der Waals surface area (Å²) in [4.78, 5) is 16.1. The summed E-state index contributed by atoms with van der Waals surface area (Å²) in [6.45, 7) is 5.39. The minimum Gasteiger partial charge on any atom is -0.479 e. The first-order valence-corrected chi connectivity index (χ1v) is 7.75. The van der Waals surface area contributed by atoms with Crippen LogP contribution in [-0.4, -0.2) is 43.8 Å². The van der Waals surface area contributed by atoms with Crippen LogP contribution in [0, 0.1) is 5.92 Å². The Balaban J connectivity index is 1.85. The first-order chi connectivity index (χ1) is 9.76. The number of hydrogen-bond acceptors (Lipinski definition) is 5. The Hall–Kier alpha value is -1.10. The van der Waals surface area contributed by atoms with Gasteiger partial charge in [0.2, 0.25) is 5.90 Å². The zero-order valence-corrected chi connectivity index (χ0v) is 12.5. The molecule has 1 saturated heterocycles. The standard InChI is InChI=1S/C15H25NO4/c1-3-18-14(12-13(20-12)15(17)19-4-2)16-10-11-8-6-5-7-9-11/h11-13H,3-10H2,1-2H3. The first-order valence-electron chi connectivity index (χ1n) is 7.75. The summed E-state index contributed by atoms with van der Waals surface area (Å²) in [5.41, 5.74) is 0. The lowest BCUT2D eigenvalue weighted by atomic mass is 9.89. The van der Waals surface area contributed by atoms with Crippen molar-refractivity contribution in [3.05, 3.63) is 0 Å². The van der Waals surface area contributed by atoms with Gasteiger partial charge in [-0.25, -0.2) is 4.79 Å². The van der Waals surface area contributed by atoms with Crippen molar-refractivity contribution in [3.63, 3.8) is 0 Å². The molecule has 2 fully saturated rings. The van der Waals surface area contributed by atoms with E-state index in [9.17, 15) is 4.79 Å². The number of esters is 1. The highest BCUT2D eigenvalue weighted by atomic mass is 16.7. The average Bonchev–Trinajstić information content (AvgIpc) is 3.25. The Labute approximate surface area is 120 Å². The summed E-state index contributed by atoms with van der Waals surface area (Å²) < 4.78 is 15.8. The van der Waals surface area contributed by atoms with Crippen LogP contribution in [0.15, 0.2) is 4.99 Å². The van der Waals surface area contributed by atoms with E-state index >= 15 is 0 Å². The molecule has 0 aromatic heterocycles. The van der Waals surface area contributed by atoms with Gasteiger partial charge in [0.15, 0.2) is 12.2 Å². The third kappa shape index (κ3) is 4.20. The number of hydrogen-bond donors (Lipinski definition) is 0. The van der Waals surface area contributed by atoms with Crippen LogP contribution >= 0.6 is 0 Å². The first kappa shape index (κ1) is 15.3. The molecule has 1 saturated carbocycles. The Morgan fingerprint density at radius 1 is 1.10 bits per heavy atom. The van der Waals surface area contributed by atoms with Crippen LogP contribution in [0.2, 0.25) is 0 Å². The second-order valence-electron chi connectivity index (χ2n) is 5.35. The summed E-state index contributed by atoms with van der Waals surface area (Å²) in [7, 11) is 0. The number of nitrogens with zero attached hydrogens (tertiary/aromatic N) is 1. The number of aliphatic imine (C=N–C) groups is 1. The fourth-order valence-electron chi connectivity index (χ4n) is 2.66. The van der Waals surface area contributed by atoms with Crippen LogP contribution in [0.3, 0.4) is 0 Å². The third-order valence-electron chi connectivity index (χ3n) is 3.78. The molecular weight excluding hydrogens is 258 g/mol. The van der Waals surface area contributed by atoms with Gasteiger partial charge >= 0.3 is 5.97 Å². The molecule has 2 aliphatic rings. The lowest BCUT2D eigenvalue weighted by Crippen LogP contribution is -2.22. The highest BCUT2D eigenvalue weighted by molar-refractivity contribution is 5.92. The van der Waals surface area contributed by atoms with E-state index in [1.54, 1.807) is 6.92 Å². The summed E-state index contributed by atoms with van der Waals surface area (Å²) in [5, 5.41) is 0. The maximum atomic E-state index is 11.6. The van der Waals surface area contributed by atoms with Crippen LogP contribution < -0.4 is 0 Å². The van der Waals surface area contributed by atoms with Crippen LogP contribution in [0.25, 0.3) is 0 Å². The summed E-state index contributed by atoms with van der Waals surface area (Å²) in [5.74, 6) is 0.901. The summed E-state index contributed by atoms with van der Waals surface area (Å²) >= 11 is 0. The van der Waals surface area contributed by atoms with Crippen molar-refractivity contribution >= 4 is 11.9 Å². The Morgan fingerprint density at radius 2 is 1.80 bits per heavy atom. The highest BCUT2D eigenvalue weighted by Gasteiger charge is 2.51. The van der Waals surface area contributed by atoms with Gasteiger partial charge < -0.3 is 14.2 Å². The molecule has 0 aromatic rings. The van der Waals surface area contributed by atoms with E-state index in [0.717, 1.165) is 6.54 Å². The van der Waals surface area contributed by atoms with Gasteiger partial charge in [-0.15, -0.1) is 0 Å². The van der Waals surface area contributed by atoms with Gasteiger partial charge in [-0.3, -0.25) is 4.99 Å².